The summed E-state index contributed by atoms with van der Waals surface area (Å²) < 4.78 is 5.15. The molecule has 0 aromatic carbocycles. The number of anilines is 1. The molecule has 1 fully saturated rings. The summed E-state index contributed by atoms with van der Waals surface area (Å²) in [6, 6.07) is 2.13. The fraction of sp³-hybridized carbons (Fsp3) is 0.471. The van der Waals surface area contributed by atoms with Crippen molar-refractivity contribution in [2.45, 2.75) is 45.6 Å². The van der Waals surface area contributed by atoms with Gasteiger partial charge in [0.25, 0.3) is 0 Å². The lowest BCUT2D eigenvalue weighted by molar-refractivity contribution is -0.143. The van der Waals surface area contributed by atoms with E-state index < -0.39 is 11.8 Å². The highest BCUT2D eigenvalue weighted by Crippen LogP contribution is 2.33. The molecule has 0 unspecified atom stereocenters. The van der Waals surface area contributed by atoms with Gasteiger partial charge in [-0.3, -0.25) is 9.59 Å². The molecule has 3 rings (SSSR count). The van der Waals surface area contributed by atoms with Gasteiger partial charge in [-0.25, -0.2) is 0 Å². The first-order valence-electron chi connectivity index (χ1n) is 8.10. The molecule has 0 spiro atoms. The van der Waals surface area contributed by atoms with E-state index in [2.05, 4.69) is 21.9 Å². The van der Waals surface area contributed by atoms with Gasteiger partial charge >= 0.3 is 11.8 Å². The van der Waals surface area contributed by atoms with E-state index in [9.17, 15) is 9.59 Å². The van der Waals surface area contributed by atoms with Crippen LogP contribution in [0, 0.1) is 6.92 Å². The predicted octanol–water partition coefficient (Wildman–Crippen LogP) is 2.95. The molecule has 7 heteroatoms. The first kappa shape index (κ1) is 16.7. The van der Waals surface area contributed by atoms with Crippen molar-refractivity contribution in [2.75, 3.05) is 11.9 Å². The topological polar surface area (TPSA) is 75.4 Å². The summed E-state index contributed by atoms with van der Waals surface area (Å²) in [6.45, 7) is 6.21. The van der Waals surface area contributed by atoms with Crippen LogP contribution in [0.5, 0.6) is 0 Å². The molecule has 3 heterocycles. The van der Waals surface area contributed by atoms with E-state index in [0.29, 0.717) is 36.0 Å². The third kappa shape index (κ3) is 3.08. The second kappa shape index (κ2) is 6.76. The van der Waals surface area contributed by atoms with Crippen molar-refractivity contribution in [2.24, 2.45) is 0 Å². The van der Waals surface area contributed by atoms with E-state index in [1.54, 1.807) is 23.2 Å². The van der Waals surface area contributed by atoms with E-state index in [1.165, 1.54) is 5.56 Å². The summed E-state index contributed by atoms with van der Waals surface area (Å²) in [4.78, 5) is 26.6. The molecule has 1 aliphatic rings. The predicted molar refractivity (Wildman–Crippen MR) is 92.1 cm³/mol. The van der Waals surface area contributed by atoms with Gasteiger partial charge in [-0.2, -0.15) is 11.3 Å². The highest BCUT2D eigenvalue weighted by atomic mass is 32.1. The third-order valence-electron chi connectivity index (χ3n) is 4.54. The minimum Gasteiger partial charge on any atom is -0.359 e. The zero-order valence-electron chi connectivity index (χ0n) is 14.0. The Morgan fingerprint density at radius 1 is 1.50 bits per heavy atom. The van der Waals surface area contributed by atoms with Gasteiger partial charge in [0, 0.05) is 24.9 Å². The van der Waals surface area contributed by atoms with Gasteiger partial charge in [0.1, 0.15) is 11.4 Å². The molecule has 2 aromatic heterocycles. The summed E-state index contributed by atoms with van der Waals surface area (Å²) in [6.07, 6.45) is 1.48. The monoisotopic (exact) mass is 347 g/mol. The Hall–Kier alpha value is -2.15. The number of hydrogen-bond donors (Lipinski definition) is 1. The van der Waals surface area contributed by atoms with Crippen molar-refractivity contribution in [3.63, 3.8) is 0 Å². The van der Waals surface area contributed by atoms with E-state index in [4.69, 9.17) is 4.52 Å². The van der Waals surface area contributed by atoms with Crippen LogP contribution in [0.1, 0.15) is 43.2 Å². The molecular weight excluding hydrogens is 326 g/mol. The molecule has 1 aliphatic heterocycles. The lowest BCUT2D eigenvalue weighted by Crippen LogP contribution is -2.41. The van der Waals surface area contributed by atoms with Crippen molar-refractivity contribution in [1.29, 1.82) is 0 Å². The molecule has 1 N–H and O–H groups in total. The number of nitrogens with zero attached hydrogens (tertiary/aromatic N) is 2. The van der Waals surface area contributed by atoms with Crippen molar-refractivity contribution < 1.29 is 14.1 Å². The van der Waals surface area contributed by atoms with Crippen molar-refractivity contribution in [1.82, 2.24) is 10.1 Å². The van der Waals surface area contributed by atoms with Crippen LogP contribution in [-0.2, 0) is 16.0 Å². The molecule has 24 heavy (non-hydrogen) atoms. The molecule has 1 saturated heterocycles. The zero-order chi connectivity index (χ0) is 17.3. The van der Waals surface area contributed by atoms with Gasteiger partial charge < -0.3 is 14.7 Å². The second-order valence-electron chi connectivity index (χ2n) is 6.17. The van der Waals surface area contributed by atoms with Crippen molar-refractivity contribution >= 4 is 28.8 Å². The number of hydrogen-bond acceptors (Lipinski definition) is 5. The molecule has 2 aromatic rings. The number of amides is 2. The molecule has 2 atom stereocenters. The van der Waals surface area contributed by atoms with Gasteiger partial charge in [0.05, 0.1) is 0 Å². The number of aryl methyl sites for hydroxylation is 2. The SMILES string of the molecule is CCc1onc(C)c1NC(=O)C(=O)N1C[C@@H](c2ccsc2)C[C@H]1C. The summed E-state index contributed by atoms with van der Waals surface area (Å²) in [5.74, 6) is -0.248. The highest BCUT2D eigenvalue weighted by Gasteiger charge is 2.36. The zero-order valence-corrected chi connectivity index (χ0v) is 14.9. The molecule has 0 bridgehead atoms. The standard InChI is InChI=1S/C17H21N3O3S/c1-4-14-15(11(3)19-23-14)18-16(21)17(22)20-8-13(7-10(20)2)12-5-6-24-9-12/h5-6,9-10,13H,4,7-8H2,1-3H3,(H,18,21)/t10-,13+/m1/s1. The Labute approximate surface area is 144 Å². The van der Waals surface area contributed by atoms with E-state index in [1.807, 2.05) is 19.2 Å². The van der Waals surface area contributed by atoms with Crippen LogP contribution in [0.3, 0.4) is 0 Å². The van der Waals surface area contributed by atoms with Crippen LogP contribution in [0.25, 0.3) is 0 Å². The lowest BCUT2D eigenvalue weighted by Gasteiger charge is -2.20. The fourth-order valence-electron chi connectivity index (χ4n) is 3.18. The smallest absolute Gasteiger partial charge is 0.314 e. The van der Waals surface area contributed by atoms with E-state index >= 15 is 0 Å². The van der Waals surface area contributed by atoms with Gasteiger partial charge in [0.2, 0.25) is 0 Å². The quantitative estimate of drug-likeness (QED) is 0.866. The normalized spacial score (nSPS) is 20.4. The number of likely N-dealkylation sites (tertiary alicyclic amines) is 1. The molecular formula is C17H21N3O3S. The maximum atomic E-state index is 12.6. The summed E-state index contributed by atoms with van der Waals surface area (Å²) in [5.41, 5.74) is 2.33. The van der Waals surface area contributed by atoms with Gasteiger partial charge in [-0.1, -0.05) is 12.1 Å². The van der Waals surface area contributed by atoms with Crippen LogP contribution in [0.15, 0.2) is 21.3 Å². The minimum absolute atomic E-state index is 0.0439. The minimum atomic E-state index is -0.631. The molecule has 0 saturated carbocycles. The van der Waals surface area contributed by atoms with Crippen LogP contribution < -0.4 is 5.32 Å². The summed E-state index contributed by atoms with van der Waals surface area (Å²) in [7, 11) is 0. The van der Waals surface area contributed by atoms with Crippen molar-refractivity contribution in [3.8, 4) is 0 Å². The maximum absolute atomic E-state index is 12.6. The number of aromatic nitrogens is 1. The molecule has 2 amide bonds. The Balaban J connectivity index is 1.69. The van der Waals surface area contributed by atoms with Crippen molar-refractivity contribution in [3.05, 3.63) is 33.8 Å². The first-order chi connectivity index (χ1) is 11.5. The largest absolute Gasteiger partial charge is 0.359 e. The van der Waals surface area contributed by atoms with Gasteiger partial charge in [-0.05, 0) is 42.7 Å². The fourth-order valence-corrected chi connectivity index (χ4v) is 3.92. The average molecular weight is 347 g/mol. The van der Waals surface area contributed by atoms with Gasteiger partial charge in [0.15, 0.2) is 5.76 Å². The summed E-state index contributed by atoms with van der Waals surface area (Å²) in [5, 5.41) is 10.7. The number of thiophene rings is 1. The Morgan fingerprint density at radius 3 is 2.96 bits per heavy atom. The van der Waals surface area contributed by atoms with E-state index in [-0.39, 0.29) is 6.04 Å². The Kier molecular flexibility index (Phi) is 4.71. The van der Waals surface area contributed by atoms with Crippen LogP contribution in [0.4, 0.5) is 5.69 Å². The number of rotatable bonds is 3. The van der Waals surface area contributed by atoms with Crippen LogP contribution in [0.2, 0.25) is 0 Å². The van der Waals surface area contributed by atoms with E-state index in [0.717, 1.165) is 6.42 Å². The summed E-state index contributed by atoms with van der Waals surface area (Å²) >= 11 is 1.65. The first-order valence-corrected chi connectivity index (χ1v) is 9.04. The number of nitrogens with one attached hydrogen (secondary N) is 1. The number of carbonyl (C=O) groups is 2. The van der Waals surface area contributed by atoms with Crippen LogP contribution in [-0.4, -0.2) is 34.5 Å². The average Bonchev–Trinajstić information content (AvgIpc) is 3.28. The van der Waals surface area contributed by atoms with Crippen LogP contribution >= 0.6 is 11.3 Å². The molecule has 128 valence electrons. The molecule has 6 nitrogen and oxygen atoms in total. The third-order valence-corrected chi connectivity index (χ3v) is 5.24. The van der Waals surface area contributed by atoms with Gasteiger partial charge in [-0.15, -0.1) is 0 Å². The molecule has 0 aliphatic carbocycles. The second-order valence-corrected chi connectivity index (χ2v) is 6.95. The number of carbonyl (C=O) groups excluding carboxylic acids is 2. The lowest BCUT2D eigenvalue weighted by atomic mass is 10.00. The Bertz CT molecular complexity index is 738. The highest BCUT2D eigenvalue weighted by molar-refractivity contribution is 7.08. The molecule has 0 radical (unpaired) electrons. The Morgan fingerprint density at radius 2 is 2.29 bits per heavy atom. The maximum Gasteiger partial charge on any atom is 0.314 e.